The van der Waals surface area contributed by atoms with Gasteiger partial charge in [0, 0.05) is 11.3 Å². The molecule has 12 atom stereocenters. The molecule has 4 fully saturated rings. The van der Waals surface area contributed by atoms with Crippen molar-refractivity contribution < 1.29 is 39.7 Å². The van der Waals surface area contributed by atoms with E-state index in [-0.39, 0.29) is 24.0 Å². The fourth-order valence-corrected chi connectivity index (χ4v) is 7.81. The summed E-state index contributed by atoms with van der Waals surface area (Å²) in [6.45, 7) is 8.88. The normalized spacial score (nSPS) is 53.0. The maximum Gasteiger partial charge on any atom is 0.186 e. The first-order valence-electron chi connectivity index (χ1n) is 12.7. The SMILES string of the molecule is C=C1CO[C@H]2C3=CC[C@@H]4[C@@](C)(CO[C@@H]5O[C@H](CO)[C@@H](O)[C@H](O)[C@H]5O)[C@H](O)CC[C@@]4(C)[C@@H]3CC[C@@H]12. The summed E-state index contributed by atoms with van der Waals surface area (Å²) >= 11 is 0. The van der Waals surface area contributed by atoms with Crippen LogP contribution in [0.15, 0.2) is 23.8 Å². The Morgan fingerprint density at radius 1 is 1.09 bits per heavy atom. The Hall–Kier alpha value is -0.840. The van der Waals surface area contributed by atoms with Gasteiger partial charge in [-0.25, -0.2) is 0 Å². The summed E-state index contributed by atoms with van der Waals surface area (Å²) in [5.74, 6) is 0.957. The zero-order valence-corrected chi connectivity index (χ0v) is 20.2. The van der Waals surface area contributed by atoms with Crippen LogP contribution in [0.3, 0.4) is 0 Å². The largest absolute Gasteiger partial charge is 0.394 e. The summed E-state index contributed by atoms with van der Waals surface area (Å²) in [7, 11) is 0. The van der Waals surface area contributed by atoms with Gasteiger partial charge in [0.05, 0.1) is 32.0 Å². The minimum Gasteiger partial charge on any atom is -0.394 e. The molecule has 5 N–H and O–H groups in total. The minimum absolute atomic E-state index is 0.0188. The van der Waals surface area contributed by atoms with Crippen LogP contribution in [0.4, 0.5) is 0 Å². The second kappa shape index (κ2) is 8.92. The zero-order valence-electron chi connectivity index (χ0n) is 20.2. The summed E-state index contributed by atoms with van der Waals surface area (Å²) < 4.78 is 17.7. The molecule has 5 aliphatic rings. The maximum absolute atomic E-state index is 11.2. The van der Waals surface area contributed by atoms with Crippen LogP contribution in [0, 0.1) is 28.6 Å². The van der Waals surface area contributed by atoms with E-state index >= 15 is 0 Å². The Morgan fingerprint density at radius 3 is 2.59 bits per heavy atom. The number of hydrogen-bond donors (Lipinski definition) is 5. The molecule has 0 unspecified atom stereocenters. The molecule has 0 amide bonds. The standard InChI is InChI=1S/C26H40O8/c1-13-11-32-23-14(13)4-6-16-15(23)5-7-18-25(16,2)9-8-19(28)26(18,3)12-33-24-22(31)21(30)20(29)17(10-27)34-24/h5,14,16-24,27-31H,1,4,6-12H2,2-3H3/t14-,16+,17+,18-,19+,20+,21-,22+,23+,24+,25-,26+/m0/s1. The van der Waals surface area contributed by atoms with Crippen LogP contribution in [0.2, 0.25) is 0 Å². The quantitative estimate of drug-likeness (QED) is 0.376. The molecule has 0 bridgehead atoms. The van der Waals surface area contributed by atoms with Gasteiger partial charge in [-0.3, -0.25) is 0 Å². The van der Waals surface area contributed by atoms with Crippen LogP contribution in [0.5, 0.6) is 0 Å². The number of hydrogen-bond acceptors (Lipinski definition) is 8. The Labute approximate surface area is 201 Å². The highest BCUT2D eigenvalue weighted by atomic mass is 16.7. The van der Waals surface area contributed by atoms with Gasteiger partial charge in [0.2, 0.25) is 0 Å². The van der Waals surface area contributed by atoms with Crippen molar-refractivity contribution in [2.45, 2.75) is 88.9 Å². The molecular weight excluding hydrogens is 440 g/mol. The third-order valence-electron chi connectivity index (χ3n) is 9.94. The van der Waals surface area contributed by atoms with Gasteiger partial charge in [0.15, 0.2) is 6.29 Å². The number of aliphatic hydroxyl groups excluding tert-OH is 5. The second-order valence-electron chi connectivity index (χ2n) is 11.7. The van der Waals surface area contributed by atoms with E-state index in [1.807, 2.05) is 6.92 Å². The van der Waals surface area contributed by atoms with E-state index in [9.17, 15) is 25.5 Å². The third-order valence-corrected chi connectivity index (χ3v) is 9.94. The molecule has 2 aliphatic heterocycles. The van der Waals surface area contributed by atoms with Crippen LogP contribution in [-0.2, 0) is 14.2 Å². The first-order valence-corrected chi connectivity index (χ1v) is 12.7. The first kappa shape index (κ1) is 24.8. The zero-order chi connectivity index (χ0) is 24.4. The lowest BCUT2D eigenvalue weighted by atomic mass is 9.45. The van der Waals surface area contributed by atoms with E-state index in [1.165, 1.54) is 11.1 Å². The smallest absolute Gasteiger partial charge is 0.186 e. The molecule has 3 aliphatic carbocycles. The summed E-state index contributed by atoms with van der Waals surface area (Å²) in [4.78, 5) is 0. The van der Waals surface area contributed by atoms with Crippen LogP contribution in [0.1, 0.15) is 46.0 Å². The van der Waals surface area contributed by atoms with Gasteiger partial charge in [-0.05, 0) is 60.5 Å². The van der Waals surface area contributed by atoms with Crippen molar-refractivity contribution in [2.75, 3.05) is 19.8 Å². The number of aliphatic hydroxyl groups is 5. The predicted molar refractivity (Wildman–Crippen MR) is 122 cm³/mol. The van der Waals surface area contributed by atoms with Crippen molar-refractivity contribution in [2.24, 2.45) is 28.6 Å². The molecule has 8 heteroatoms. The average Bonchev–Trinajstić information content (AvgIpc) is 3.21. The predicted octanol–water partition coefficient (Wildman–Crippen LogP) is 0.898. The Morgan fingerprint density at radius 2 is 1.85 bits per heavy atom. The van der Waals surface area contributed by atoms with Crippen LogP contribution in [-0.4, -0.2) is 88.3 Å². The lowest BCUT2D eigenvalue weighted by molar-refractivity contribution is -0.312. The van der Waals surface area contributed by atoms with E-state index in [2.05, 4.69) is 19.6 Å². The lowest BCUT2D eigenvalue weighted by Gasteiger charge is -2.61. The van der Waals surface area contributed by atoms with Gasteiger partial charge < -0.3 is 39.7 Å². The van der Waals surface area contributed by atoms with Crippen molar-refractivity contribution in [3.8, 4) is 0 Å². The van der Waals surface area contributed by atoms with Crippen molar-refractivity contribution in [1.82, 2.24) is 0 Å². The molecule has 34 heavy (non-hydrogen) atoms. The first-order chi connectivity index (χ1) is 16.1. The molecule has 192 valence electrons. The van der Waals surface area contributed by atoms with E-state index in [4.69, 9.17) is 14.2 Å². The van der Waals surface area contributed by atoms with E-state index in [1.54, 1.807) is 0 Å². The fraction of sp³-hybridized carbons (Fsp3) is 0.846. The molecule has 0 aromatic heterocycles. The molecule has 2 heterocycles. The molecule has 8 nitrogen and oxygen atoms in total. The Balaban J connectivity index is 1.37. The van der Waals surface area contributed by atoms with Crippen molar-refractivity contribution in [3.63, 3.8) is 0 Å². The molecular formula is C26H40O8. The topological polar surface area (TPSA) is 129 Å². The highest BCUT2D eigenvalue weighted by molar-refractivity contribution is 5.31. The monoisotopic (exact) mass is 480 g/mol. The highest BCUT2D eigenvalue weighted by Crippen LogP contribution is 2.63. The number of allylic oxidation sites excluding steroid dienone is 1. The second-order valence-corrected chi connectivity index (χ2v) is 11.7. The summed E-state index contributed by atoms with van der Waals surface area (Å²) in [6, 6.07) is 0. The number of fused-ring (bicyclic) bond motifs is 5. The van der Waals surface area contributed by atoms with E-state index in [0.717, 1.165) is 25.7 Å². The van der Waals surface area contributed by atoms with Gasteiger partial charge in [0.1, 0.15) is 24.4 Å². The van der Waals surface area contributed by atoms with E-state index in [0.29, 0.717) is 24.9 Å². The number of ether oxygens (including phenoxy) is 3. The third kappa shape index (κ3) is 3.65. The molecule has 0 spiro atoms. The molecule has 2 saturated carbocycles. The average molecular weight is 481 g/mol. The van der Waals surface area contributed by atoms with Gasteiger partial charge >= 0.3 is 0 Å². The lowest BCUT2D eigenvalue weighted by Crippen LogP contribution is -2.61. The van der Waals surface area contributed by atoms with Crippen LogP contribution < -0.4 is 0 Å². The van der Waals surface area contributed by atoms with Crippen LogP contribution in [0.25, 0.3) is 0 Å². The molecule has 0 aromatic rings. The molecule has 2 saturated heterocycles. The van der Waals surface area contributed by atoms with E-state index < -0.39 is 48.8 Å². The molecule has 5 rings (SSSR count). The Bertz CT molecular complexity index is 828. The summed E-state index contributed by atoms with van der Waals surface area (Å²) in [5.41, 5.74) is 2.00. The summed E-state index contributed by atoms with van der Waals surface area (Å²) in [6.07, 6.45) is -0.134. The number of rotatable bonds is 4. The van der Waals surface area contributed by atoms with Gasteiger partial charge in [-0.1, -0.05) is 26.5 Å². The molecule has 0 radical (unpaired) electrons. The van der Waals surface area contributed by atoms with Crippen LogP contribution >= 0.6 is 0 Å². The highest BCUT2D eigenvalue weighted by Gasteiger charge is 2.60. The fourth-order valence-electron chi connectivity index (χ4n) is 7.81. The Kier molecular flexibility index (Phi) is 6.52. The molecule has 0 aromatic carbocycles. The van der Waals surface area contributed by atoms with Gasteiger partial charge in [-0.15, -0.1) is 0 Å². The van der Waals surface area contributed by atoms with Gasteiger partial charge in [-0.2, -0.15) is 0 Å². The van der Waals surface area contributed by atoms with Crippen molar-refractivity contribution in [1.29, 1.82) is 0 Å². The minimum atomic E-state index is -1.48. The maximum atomic E-state index is 11.2. The van der Waals surface area contributed by atoms with Gasteiger partial charge in [0.25, 0.3) is 0 Å². The summed E-state index contributed by atoms with van der Waals surface area (Å²) in [5, 5.41) is 51.2. The van der Waals surface area contributed by atoms with Crippen molar-refractivity contribution in [3.05, 3.63) is 23.8 Å². The van der Waals surface area contributed by atoms with Crippen molar-refractivity contribution >= 4 is 0 Å².